The molecule has 0 bridgehead atoms. The number of hydrogen-bond donors (Lipinski definition) is 3. The highest BCUT2D eigenvalue weighted by Gasteiger charge is 2.25. The van der Waals surface area contributed by atoms with Gasteiger partial charge in [-0.3, -0.25) is 9.59 Å². The molecular weight excluding hydrogens is 246 g/mol. The first-order valence-corrected chi connectivity index (χ1v) is 5.92. The van der Waals surface area contributed by atoms with E-state index in [-0.39, 0.29) is 6.04 Å². The Bertz CT molecular complexity index is 554. The van der Waals surface area contributed by atoms with Crippen LogP contribution in [0.4, 0.5) is 5.82 Å². The molecule has 100 valence electrons. The Morgan fingerprint density at radius 2 is 2.16 bits per heavy atom. The van der Waals surface area contributed by atoms with Gasteiger partial charge in [0.15, 0.2) is 0 Å². The van der Waals surface area contributed by atoms with Crippen LogP contribution in [0.2, 0.25) is 0 Å². The standard InChI is InChI=1S/C13H15N3O3/c1-7-2-5-10(11(14)17)12(15-7)16-9-4-3-8(6-9)13(18)19/h2-5,8-9H,6H2,1H3,(H2,14,17)(H,15,16)(H,18,19). The summed E-state index contributed by atoms with van der Waals surface area (Å²) in [5, 5.41) is 12.0. The lowest BCUT2D eigenvalue weighted by molar-refractivity contribution is -0.140. The Morgan fingerprint density at radius 1 is 1.42 bits per heavy atom. The molecule has 1 aromatic rings. The summed E-state index contributed by atoms with van der Waals surface area (Å²) >= 11 is 0. The summed E-state index contributed by atoms with van der Waals surface area (Å²) < 4.78 is 0. The number of hydrogen-bond acceptors (Lipinski definition) is 4. The number of aromatic nitrogens is 1. The average Bonchev–Trinajstić information content (AvgIpc) is 2.77. The van der Waals surface area contributed by atoms with Crippen LogP contribution in [-0.2, 0) is 4.79 Å². The zero-order valence-electron chi connectivity index (χ0n) is 10.5. The number of carbonyl (C=O) groups is 2. The highest BCUT2D eigenvalue weighted by Crippen LogP contribution is 2.22. The molecule has 2 unspecified atom stereocenters. The molecule has 0 radical (unpaired) electrons. The number of aliphatic carboxylic acids is 1. The highest BCUT2D eigenvalue weighted by atomic mass is 16.4. The van der Waals surface area contributed by atoms with E-state index in [1.54, 1.807) is 31.2 Å². The molecule has 1 heterocycles. The fraction of sp³-hybridized carbons (Fsp3) is 0.308. The van der Waals surface area contributed by atoms with Gasteiger partial charge in [-0.05, 0) is 25.5 Å². The van der Waals surface area contributed by atoms with Crippen LogP contribution in [0.25, 0.3) is 0 Å². The molecule has 4 N–H and O–H groups in total. The van der Waals surface area contributed by atoms with Crippen molar-refractivity contribution in [3.63, 3.8) is 0 Å². The van der Waals surface area contributed by atoms with Crippen LogP contribution in [0.15, 0.2) is 24.3 Å². The van der Waals surface area contributed by atoms with E-state index in [9.17, 15) is 9.59 Å². The SMILES string of the molecule is Cc1ccc(C(N)=O)c(NC2C=CC(C(=O)O)C2)n1. The molecule has 2 rings (SSSR count). The maximum Gasteiger partial charge on any atom is 0.310 e. The van der Waals surface area contributed by atoms with Gasteiger partial charge in [0.2, 0.25) is 0 Å². The van der Waals surface area contributed by atoms with E-state index in [1.807, 2.05) is 0 Å². The summed E-state index contributed by atoms with van der Waals surface area (Å²) in [5.41, 5.74) is 6.34. The van der Waals surface area contributed by atoms with Crippen molar-refractivity contribution in [3.05, 3.63) is 35.5 Å². The van der Waals surface area contributed by atoms with E-state index in [0.717, 1.165) is 5.69 Å². The Kier molecular flexibility index (Phi) is 3.50. The summed E-state index contributed by atoms with van der Waals surface area (Å²) in [6.45, 7) is 1.81. The molecule has 0 aromatic carbocycles. The Hall–Kier alpha value is -2.37. The fourth-order valence-corrected chi connectivity index (χ4v) is 2.03. The van der Waals surface area contributed by atoms with Gasteiger partial charge in [0.1, 0.15) is 5.82 Å². The third-order valence-electron chi connectivity index (χ3n) is 3.02. The average molecular weight is 261 g/mol. The van der Waals surface area contributed by atoms with Crippen LogP contribution < -0.4 is 11.1 Å². The molecule has 0 aliphatic heterocycles. The number of rotatable bonds is 4. The van der Waals surface area contributed by atoms with Crippen molar-refractivity contribution < 1.29 is 14.7 Å². The number of nitrogens with two attached hydrogens (primary N) is 1. The van der Waals surface area contributed by atoms with Crippen LogP contribution in [-0.4, -0.2) is 28.0 Å². The number of carboxylic acid groups (broad SMARTS) is 1. The highest BCUT2D eigenvalue weighted by molar-refractivity contribution is 5.97. The molecule has 0 spiro atoms. The fourth-order valence-electron chi connectivity index (χ4n) is 2.03. The maximum atomic E-state index is 11.3. The summed E-state index contributed by atoms with van der Waals surface area (Å²) in [5.74, 6) is -1.52. The first-order chi connectivity index (χ1) is 8.97. The zero-order valence-corrected chi connectivity index (χ0v) is 10.5. The number of pyridine rings is 1. The molecule has 19 heavy (non-hydrogen) atoms. The van der Waals surface area contributed by atoms with E-state index < -0.39 is 17.8 Å². The van der Waals surface area contributed by atoms with Crippen LogP contribution in [0, 0.1) is 12.8 Å². The Morgan fingerprint density at radius 3 is 2.74 bits per heavy atom. The molecule has 6 nitrogen and oxygen atoms in total. The van der Waals surface area contributed by atoms with Gasteiger partial charge in [0, 0.05) is 11.7 Å². The minimum Gasteiger partial charge on any atom is -0.481 e. The molecule has 0 saturated heterocycles. The number of aryl methyl sites for hydroxylation is 1. The summed E-state index contributed by atoms with van der Waals surface area (Å²) in [6, 6.07) is 3.16. The van der Waals surface area contributed by atoms with Crippen LogP contribution in [0.1, 0.15) is 22.5 Å². The van der Waals surface area contributed by atoms with Gasteiger partial charge in [0.25, 0.3) is 5.91 Å². The number of nitrogens with one attached hydrogen (secondary N) is 1. The Labute approximate surface area is 110 Å². The van der Waals surface area contributed by atoms with Crippen molar-refractivity contribution in [1.82, 2.24) is 4.98 Å². The summed E-state index contributed by atoms with van der Waals surface area (Å²) in [4.78, 5) is 26.4. The van der Waals surface area contributed by atoms with E-state index in [1.165, 1.54) is 0 Å². The molecule has 1 aromatic heterocycles. The monoisotopic (exact) mass is 261 g/mol. The van der Waals surface area contributed by atoms with Gasteiger partial charge < -0.3 is 16.2 Å². The van der Waals surface area contributed by atoms with E-state index >= 15 is 0 Å². The number of primary amides is 1. The quantitative estimate of drug-likeness (QED) is 0.699. The second-order valence-corrected chi connectivity index (χ2v) is 4.53. The first kappa shape index (κ1) is 13.1. The molecule has 1 aliphatic rings. The molecule has 0 fully saturated rings. The van der Waals surface area contributed by atoms with E-state index in [4.69, 9.17) is 10.8 Å². The minimum absolute atomic E-state index is 0.159. The lowest BCUT2D eigenvalue weighted by Gasteiger charge is -2.15. The van der Waals surface area contributed by atoms with Crippen molar-refractivity contribution in [1.29, 1.82) is 0 Å². The first-order valence-electron chi connectivity index (χ1n) is 5.92. The number of nitrogens with zero attached hydrogens (tertiary/aromatic N) is 1. The van der Waals surface area contributed by atoms with Crippen molar-refractivity contribution >= 4 is 17.7 Å². The van der Waals surface area contributed by atoms with E-state index in [0.29, 0.717) is 17.8 Å². The largest absolute Gasteiger partial charge is 0.481 e. The van der Waals surface area contributed by atoms with Gasteiger partial charge in [-0.25, -0.2) is 4.98 Å². The number of amides is 1. The third kappa shape index (κ3) is 2.90. The van der Waals surface area contributed by atoms with Gasteiger partial charge in [0.05, 0.1) is 11.5 Å². The molecule has 1 amide bonds. The lowest BCUT2D eigenvalue weighted by Crippen LogP contribution is -2.22. The Balaban J connectivity index is 2.16. The number of anilines is 1. The third-order valence-corrected chi connectivity index (χ3v) is 3.02. The van der Waals surface area contributed by atoms with Crippen molar-refractivity contribution in [2.24, 2.45) is 11.7 Å². The normalized spacial score (nSPS) is 21.3. The topological polar surface area (TPSA) is 105 Å². The van der Waals surface area contributed by atoms with Crippen LogP contribution >= 0.6 is 0 Å². The van der Waals surface area contributed by atoms with Gasteiger partial charge in [-0.15, -0.1) is 0 Å². The second-order valence-electron chi connectivity index (χ2n) is 4.53. The predicted octanol–water partition coefficient (Wildman–Crippen LogP) is 0.930. The summed E-state index contributed by atoms with van der Waals surface area (Å²) in [7, 11) is 0. The number of carboxylic acids is 1. The molecule has 1 aliphatic carbocycles. The van der Waals surface area contributed by atoms with Crippen molar-refractivity contribution in [2.45, 2.75) is 19.4 Å². The smallest absolute Gasteiger partial charge is 0.310 e. The van der Waals surface area contributed by atoms with Gasteiger partial charge in [-0.2, -0.15) is 0 Å². The lowest BCUT2D eigenvalue weighted by atomic mass is 10.1. The predicted molar refractivity (Wildman–Crippen MR) is 69.8 cm³/mol. The maximum absolute atomic E-state index is 11.3. The number of carbonyl (C=O) groups excluding carboxylic acids is 1. The van der Waals surface area contributed by atoms with Gasteiger partial charge in [-0.1, -0.05) is 12.2 Å². The summed E-state index contributed by atoms with van der Waals surface area (Å²) in [6.07, 6.45) is 3.84. The van der Waals surface area contributed by atoms with Crippen LogP contribution in [0.5, 0.6) is 0 Å². The van der Waals surface area contributed by atoms with Crippen molar-refractivity contribution in [2.75, 3.05) is 5.32 Å². The molecular formula is C13H15N3O3. The molecule has 6 heteroatoms. The van der Waals surface area contributed by atoms with Gasteiger partial charge >= 0.3 is 5.97 Å². The van der Waals surface area contributed by atoms with Crippen molar-refractivity contribution in [3.8, 4) is 0 Å². The van der Waals surface area contributed by atoms with E-state index in [2.05, 4.69) is 10.3 Å². The van der Waals surface area contributed by atoms with Crippen LogP contribution in [0.3, 0.4) is 0 Å². The molecule has 0 saturated carbocycles. The molecule has 2 atom stereocenters. The minimum atomic E-state index is -0.854. The second kappa shape index (κ2) is 5.09. The zero-order chi connectivity index (χ0) is 14.0.